The highest BCUT2D eigenvalue weighted by Crippen LogP contribution is 2.36. The molecule has 0 radical (unpaired) electrons. The summed E-state index contributed by atoms with van der Waals surface area (Å²) in [5, 5.41) is 5.91. The van der Waals surface area contributed by atoms with Crippen LogP contribution in [0.4, 0.5) is 17.2 Å². The third-order valence-electron chi connectivity index (χ3n) is 4.01. The number of nitrogens with zero attached hydrogens (tertiary/aromatic N) is 2. The van der Waals surface area contributed by atoms with Gasteiger partial charge in [0, 0.05) is 5.39 Å². The van der Waals surface area contributed by atoms with E-state index < -0.39 is 0 Å². The molecule has 0 aliphatic rings. The predicted molar refractivity (Wildman–Crippen MR) is 110 cm³/mol. The molecule has 134 valence electrons. The highest BCUT2D eigenvalue weighted by Gasteiger charge is 2.14. The third kappa shape index (κ3) is 3.47. The molecule has 0 atom stereocenters. The second kappa shape index (κ2) is 7.31. The van der Waals surface area contributed by atoms with Crippen LogP contribution in [0.3, 0.4) is 0 Å². The summed E-state index contributed by atoms with van der Waals surface area (Å²) < 4.78 is 5.98. The second-order valence-corrected chi connectivity index (χ2v) is 6.53. The van der Waals surface area contributed by atoms with E-state index in [-0.39, 0.29) is 11.6 Å². The van der Waals surface area contributed by atoms with Crippen molar-refractivity contribution in [2.24, 2.45) is 0 Å². The predicted octanol–water partition coefficient (Wildman–Crippen LogP) is 6.05. The zero-order valence-electron chi connectivity index (χ0n) is 14.0. The first-order chi connectivity index (χ1) is 13.1. The monoisotopic (exact) mass is 396 g/mol. The molecule has 0 aliphatic carbocycles. The van der Waals surface area contributed by atoms with Gasteiger partial charge >= 0.3 is 0 Å². The quantitative estimate of drug-likeness (QED) is 0.438. The van der Waals surface area contributed by atoms with Crippen molar-refractivity contribution >= 4 is 51.2 Å². The number of fused-ring (bicyclic) bond motifs is 1. The molecule has 0 saturated heterocycles. The van der Waals surface area contributed by atoms with Gasteiger partial charge in [-0.05, 0) is 23.6 Å². The Balaban J connectivity index is 1.69. The number of nitrogens with one attached hydrogen (secondary N) is 1. The molecular formula is C20H14Cl2N4O. The number of anilines is 3. The third-order valence-corrected chi connectivity index (χ3v) is 4.83. The number of nitrogen functional groups attached to an aromatic ring is 1. The van der Waals surface area contributed by atoms with Crippen molar-refractivity contribution in [3.63, 3.8) is 0 Å². The van der Waals surface area contributed by atoms with Crippen LogP contribution < -0.4 is 15.8 Å². The van der Waals surface area contributed by atoms with Gasteiger partial charge in [-0.3, -0.25) is 0 Å². The molecule has 0 spiro atoms. The molecule has 0 bridgehead atoms. The van der Waals surface area contributed by atoms with Crippen molar-refractivity contribution in [3.05, 3.63) is 77.0 Å². The van der Waals surface area contributed by atoms with Gasteiger partial charge in [-0.1, -0.05) is 65.7 Å². The molecule has 0 aliphatic heterocycles. The SMILES string of the molecule is Nc1c(Nc2cccc(Cl)c2Cl)ncnc1Oc1cccc2ccccc12. The number of hydrogen-bond donors (Lipinski definition) is 2. The van der Waals surface area contributed by atoms with E-state index >= 15 is 0 Å². The van der Waals surface area contributed by atoms with Gasteiger partial charge in [0.2, 0.25) is 5.88 Å². The fourth-order valence-corrected chi connectivity index (χ4v) is 3.02. The highest BCUT2D eigenvalue weighted by atomic mass is 35.5. The fraction of sp³-hybridized carbons (Fsp3) is 0. The van der Waals surface area contributed by atoms with E-state index in [1.54, 1.807) is 18.2 Å². The number of aromatic nitrogens is 2. The molecule has 4 aromatic rings. The summed E-state index contributed by atoms with van der Waals surface area (Å²) in [4.78, 5) is 8.35. The summed E-state index contributed by atoms with van der Waals surface area (Å²) in [6, 6.07) is 19.0. The Morgan fingerprint density at radius 1 is 0.889 bits per heavy atom. The topological polar surface area (TPSA) is 73.1 Å². The van der Waals surface area contributed by atoms with Gasteiger partial charge in [-0.15, -0.1) is 0 Å². The first-order valence-electron chi connectivity index (χ1n) is 8.10. The normalized spacial score (nSPS) is 10.7. The molecule has 4 rings (SSSR count). The van der Waals surface area contributed by atoms with Crippen molar-refractivity contribution in [2.45, 2.75) is 0 Å². The zero-order chi connectivity index (χ0) is 18.8. The van der Waals surface area contributed by atoms with Crippen LogP contribution >= 0.6 is 23.2 Å². The van der Waals surface area contributed by atoms with Crippen LogP contribution in [0.2, 0.25) is 10.0 Å². The molecule has 0 saturated carbocycles. The Bertz CT molecular complexity index is 1130. The zero-order valence-corrected chi connectivity index (χ0v) is 15.5. The van der Waals surface area contributed by atoms with E-state index in [0.29, 0.717) is 27.3 Å². The standard InChI is InChI=1S/C20H14Cl2N4O/c21-14-8-4-9-15(17(14)22)26-19-18(23)20(25-11-24-19)27-16-10-3-6-12-5-1-2-7-13(12)16/h1-11H,23H2,(H,24,25,26). The lowest BCUT2D eigenvalue weighted by molar-refractivity contribution is 0.470. The smallest absolute Gasteiger partial charge is 0.248 e. The molecule has 27 heavy (non-hydrogen) atoms. The Kier molecular flexibility index (Phi) is 4.71. The van der Waals surface area contributed by atoms with Crippen LogP contribution in [-0.4, -0.2) is 9.97 Å². The van der Waals surface area contributed by atoms with Gasteiger partial charge in [0.15, 0.2) is 5.82 Å². The summed E-state index contributed by atoms with van der Waals surface area (Å²) in [5.41, 5.74) is 7.08. The van der Waals surface area contributed by atoms with Crippen LogP contribution in [0.25, 0.3) is 10.8 Å². The lowest BCUT2D eigenvalue weighted by atomic mass is 10.1. The number of nitrogens with two attached hydrogens (primary N) is 1. The van der Waals surface area contributed by atoms with E-state index in [2.05, 4.69) is 15.3 Å². The minimum Gasteiger partial charge on any atom is -0.436 e. The molecule has 5 nitrogen and oxygen atoms in total. The number of rotatable bonds is 4. The van der Waals surface area contributed by atoms with Gasteiger partial charge in [-0.25, -0.2) is 4.98 Å². The fourth-order valence-electron chi connectivity index (χ4n) is 2.68. The molecule has 1 aromatic heterocycles. The van der Waals surface area contributed by atoms with Crippen molar-refractivity contribution in [3.8, 4) is 11.6 Å². The maximum Gasteiger partial charge on any atom is 0.248 e. The van der Waals surface area contributed by atoms with Crippen LogP contribution in [0, 0.1) is 0 Å². The van der Waals surface area contributed by atoms with Crippen molar-refractivity contribution in [2.75, 3.05) is 11.1 Å². The summed E-state index contributed by atoms with van der Waals surface area (Å²) in [5.74, 6) is 1.29. The number of hydrogen-bond acceptors (Lipinski definition) is 5. The molecule has 3 N–H and O–H groups in total. The van der Waals surface area contributed by atoms with Gasteiger partial charge in [0.25, 0.3) is 0 Å². The van der Waals surface area contributed by atoms with Crippen molar-refractivity contribution in [1.82, 2.24) is 9.97 Å². The van der Waals surface area contributed by atoms with Gasteiger partial charge in [0.05, 0.1) is 15.7 Å². The highest BCUT2D eigenvalue weighted by molar-refractivity contribution is 6.43. The van der Waals surface area contributed by atoms with E-state index in [4.69, 9.17) is 33.7 Å². The van der Waals surface area contributed by atoms with E-state index in [0.717, 1.165) is 10.8 Å². The maximum atomic E-state index is 6.22. The first kappa shape index (κ1) is 17.4. The molecule has 1 heterocycles. The van der Waals surface area contributed by atoms with Gasteiger partial charge in [0.1, 0.15) is 17.8 Å². The van der Waals surface area contributed by atoms with Gasteiger partial charge in [-0.2, -0.15) is 4.98 Å². The van der Waals surface area contributed by atoms with Crippen LogP contribution in [-0.2, 0) is 0 Å². The van der Waals surface area contributed by atoms with Crippen molar-refractivity contribution in [1.29, 1.82) is 0 Å². The number of ether oxygens (including phenoxy) is 1. The van der Waals surface area contributed by atoms with Gasteiger partial charge < -0.3 is 15.8 Å². The van der Waals surface area contributed by atoms with Crippen molar-refractivity contribution < 1.29 is 4.74 Å². The molecule has 3 aromatic carbocycles. The molecule has 7 heteroatoms. The minimum absolute atomic E-state index is 0.252. The molecule has 0 fully saturated rings. The first-order valence-corrected chi connectivity index (χ1v) is 8.86. The summed E-state index contributed by atoms with van der Waals surface area (Å²) in [6.45, 7) is 0. The Hall–Kier alpha value is -3.02. The van der Waals surface area contributed by atoms with Crippen LogP contribution in [0.5, 0.6) is 11.6 Å². The number of halogens is 2. The van der Waals surface area contributed by atoms with Crippen LogP contribution in [0.1, 0.15) is 0 Å². The molecular weight excluding hydrogens is 383 g/mol. The Morgan fingerprint density at radius 3 is 2.56 bits per heavy atom. The van der Waals surface area contributed by atoms with E-state index in [1.165, 1.54) is 6.33 Å². The molecule has 0 amide bonds. The average Bonchev–Trinajstić information content (AvgIpc) is 2.69. The van der Waals surface area contributed by atoms with E-state index in [1.807, 2.05) is 42.5 Å². The summed E-state index contributed by atoms with van der Waals surface area (Å²) in [7, 11) is 0. The maximum absolute atomic E-state index is 6.22. The average molecular weight is 397 g/mol. The summed E-state index contributed by atoms with van der Waals surface area (Å²) >= 11 is 12.3. The molecule has 0 unspecified atom stereocenters. The lowest BCUT2D eigenvalue weighted by Crippen LogP contribution is -2.03. The summed E-state index contributed by atoms with van der Waals surface area (Å²) in [6.07, 6.45) is 1.37. The number of benzene rings is 3. The largest absolute Gasteiger partial charge is 0.436 e. The second-order valence-electron chi connectivity index (χ2n) is 5.75. The Morgan fingerprint density at radius 2 is 1.67 bits per heavy atom. The van der Waals surface area contributed by atoms with E-state index in [9.17, 15) is 0 Å². The minimum atomic E-state index is 0.252. The van der Waals surface area contributed by atoms with Crippen LogP contribution in [0.15, 0.2) is 67.0 Å². The Labute approximate surface area is 165 Å². The lowest BCUT2D eigenvalue weighted by Gasteiger charge is -2.14.